The van der Waals surface area contributed by atoms with Crippen LogP contribution in [0.4, 0.5) is 5.13 Å². The van der Waals surface area contributed by atoms with Crippen molar-refractivity contribution in [1.82, 2.24) is 9.97 Å². The first kappa shape index (κ1) is 11.2. The van der Waals surface area contributed by atoms with Crippen LogP contribution in [-0.4, -0.2) is 17.1 Å². The molecule has 2 rings (SSSR count). The summed E-state index contributed by atoms with van der Waals surface area (Å²) in [6, 6.07) is 3.82. The molecule has 1 N–H and O–H groups in total. The SMILES string of the molecule is COc1ncccc1CNc1nc(Cl)cs1. The maximum absolute atomic E-state index is 5.72. The summed E-state index contributed by atoms with van der Waals surface area (Å²) < 4.78 is 5.14. The molecule has 16 heavy (non-hydrogen) atoms. The van der Waals surface area contributed by atoms with Crippen LogP contribution in [0.25, 0.3) is 0 Å². The molecule has 0 aromatic carbocycles. The maximum atomic E-state index is 5.72. The first-order valence-corrected chi connectivity index (χ1v) is 5.88. The minimum Gasteiger partial charge on any atom is -0.481 e. The first-order valence-electron chi connectivity index (χ1n) is 4.62. The highest BCUT2D eigenvalue weighted by Gasteiger charge is 2.04. The lowest BCUT2D eigenvalue weighted by atomic mass is 10.3. The van der Waals surface area contributed by atoms with Crippen molar-refractivity contribution >= 4 is 28.1 Å². The average molecular weight is 256 g/mol. The monoisotopic (exact) mass is 255 g/mol. The molecule has 0 aliphatic rings. The third kappa shape index (κ3) is 2.62. The highest BCUT2D eigenvalue weighted by molar-refractivity contribution is 7.14. The standard InChI is InChI=1S/C10H10ClN3OS/c1-15-9-7(3-2-4-12-9)5-13-10-14-8(11)6-16-10/h2-4,6H,5H2,1H3,(H,13,14). The van der Waals surface area contributed by atoms with Crippen LogP contribution >= 0.6 is 22.9 Å². The number of aromatic nitrogens is 2. The molecule has 0 spiro atoms. The number of nitrogens with one attached hydrogen (secondary N) is 1. The van der Waals surface area contributed by atoms with E-state index in [4.69, 9.17) is 16.3 Å². The predicted molar refractivity (Wildman–Crippen MR) is 65.2 cm³/mol. The van der Waals surface area contributed by atoms with Gasteiger partial charge in [-0.3, -0.25) is 0 Å². The molecule has 2 aromatic heterocycles. The quantitative estimate of drug-likeness (QED) is 0.913. The number of nitrogens with zero attached hydrogens (tertiary/aromatic N) is 2. The van der Waals surface area contributed by atoms with Crippen LogP contribution in [0.3, 0.4) is 0 Å². The van der Waals surface area contributed by atoms with Crippen LogP contribution in [0.5, 0.6) is 5.88 Å². The van der Waals surface area contributed by atoms with Crippen molar-refractivity contribution in [2.75, 3.05) is 12.4 Å². The van der Waals surface area contributed by atoms with Crippen molar-refractivity contribution in [3.8, 4) is 5.88 Å². The van der Waals surface area contributed by atoms with Gasteiger partial charge in [-0.05, 0) is 6.07 Å². The first-order chi connectivity index (χ1) is 7.79. The third-order valence-corrected chi connectivity index (χ3v) is 3.07. The minimum atomic E-state index is 0.505. The van der Waals surface area contributed by atoms with Crippen molar-refractivity contribution in [2.24, 2.45) is 0 Å². The summed E-state index contributed by atoms with van der Waals surface area (Å²) in [7, 11) is 1.60. The number of halogens is 1. The molecule has 0 atom stereocenters. The summed E-state index contributed by atoms with van der Waals surface area (Å²) in [6.07, 6.45) is 1.70. The summed E-state index contributed by atoms with van der Waals surface area (Å²) in [5.74, 6) is 0.623. The van der Waals surface area contributed by atoms with E-state index in [2.05, 4.69) is 15.3 Å². The summed E-state index contributed by atoms with van der Waals surface area (Å²) in [4.78, 5) is 8.20. The summed E-state index contributed by atoms with van der Waals surface area (Å²) in [5.41, 5.74) is 0.983. The molecule has 0 radical (unpaired) electrons. The van der Waals surface area contributed by atoms with E-state index in [0.29, 0.717) is 17.6 Å². The molecule has 0 bridgehead atoms. The number of hydrogen-bond donors (Lipinski definition) is 1. The normalized spacial score (nSPS) is 10.1. The van der Waals surface area contributed by atoms with E-state index in [0.717, 1.165) is 10.7 Å². The van der Waals surface area contributed by atoms with Crippen LogP contribution in [0.2, 0.25) is 5.15 Å². The van der Waals surface area contributed by atoms with Crippen LogP contribution in [0, 0.1) is 0 Å². The molecule has 6 heteroatoms. The zero-order chi connectivity index (χ0) is 11.4. The van der Waals surface area contributed by atoms with Gasteiger partial charge in [-0.15, -0.1) is 11.3 Å². The smallest absolute Gasteiger partial charge is 0.218 e. The maximum Gasteiger partial charge on any atom is 0.218 e. The molecule has 0 saturated heterocycles. The Kier molecular flexibility index (Phi) is 3.58. The molecular formula is C10H10ClN3OS. The van der Waals surface area contributed by atoms with Gasteiger partial charge in [0.25, 0.3) is 0 Å². The lowest BCUT2D eigenvalue weighted by Crippen LogP contribution is -2.02. The Balaban J connectivity index is 2.04. The molecule has 4 nitrogen and oxygen atoms in total. The second-order valence-corrected chi connectivity index (χ2v) is 4.25. The number of anilines is 1. The molecule has 0 amide bonds. The minimum absolute atomic E-state index is 0.505. The molecule has 0 aliphatic carbocycles. The van der Waals surface area contributed by atoms with Gasteiger partial charge in [0.15, 0.2) is 5.13 Å². The fourth-order valence-electron chi connectivity index (χ4n) is 1.25. The van der Waals surface area contributed by atoms with Crippen molar-refractivity contribution < 1.29 is 4.74 Å². The van der Waals surface area contributed by atoms with Crippen LogP contribution in [-0.2, 0) is 6.54 Å². The largest absolute Gasteiger partial charge is 0.481 e. The van der Waals surface area contributed by atoms with Crippen LogP contribution in [0.1, 0.15) is 5.56 Å². The van der Waals surface area contributed by atoms with E-state index >= 15 is 0 Å². The Morgan fingerprint density at radius 3 is 3.12 bits per heavy atom. The molecule has 2 aromatic rings. The lowest BCUT2D eigenvalue weighted by molar-refractivity contribution is 0.393. The van der Waals surface area contributed by atoms with E-state index in [1.54, 1.807) is 18.7 Å². The molecule has 0 unspecified atom stereocenters. The van der Waals surface area contributed by atoms with E-state index in [1.807, 2.05) is 12.1 Å². The van der Waals surface area contributed by atoms with Crippen molar-refractivity contribution in [3.05, 3.63) is 34.4 Å². The molecule has 84 valence electrons. The second kappa shape index (κ2) is 5.14. The number of rotatable bonds is 4. The highest BCUT2D eigenvalue weighted by Crippen LogP contribution is 2.21. The van der Waals surface area contributed by atoms with Gasteiger partial charge in [-0.2, -0.15) is 0 Å². The molecular weight excluding hydrogens is 246 g/mol. The molecule has 2 heterocycles. The van der Waals surface area contributed by atoms with Gasteiger partial charge in [0, 0.05) is 23.7 Å². The van der Waals surface area contributed by atoms with E-state index in [9.17, 15) is 0 Å². The number of methoxy groups -OCH3 is 1. The fraction of sp³-hybridized carbons (Fsp3) is 0.200. The zero-order valence-electron chi connectivity index (χ0n) is 8.61. The number of thiazole rings is 1. The molecule has 0 saturated carbocycles. The Morgan fingerprint density at radius 2 is 2.44 bits per heavy atom. The Labute approximate surface area is 102 Å². The Morgan fingerprint density at radius 1 is 1.56 bits per heavy atom. The Hall–Kier alpha value is -1.33. The average Bonchev–Trinajstić information content (AvgIpc) is 2.73. The van der Waals surface area contributed by atoms with E-state index < -0.39 is 0 Å². The fourth-order valence-corrected chi connectivity index (χ4v) is 2.09. The van der Waals surface area contributed by atoms with Crippen molar-refractivity contribution in [3.63, 3.8) is 0 Å². The van der Waals surface area contributed by atoms with E-state index in [1.165, 1.54) is 11.3 Å². The predicted octanol–water partition coefficient (Wildman–Crippen LogP) is 2.81. The van der Waals surface area contributed by atoms with Gasteiger partial charge in [0.1, 0.15) is 5.15 Å². The summed E-state index contributed by atoms with van der Waals surface area (Å²) in [6.45, 7) is 0.612. The molecule has 0 fully saturated rings. The number of ether oxygens (including phenoxy) is 1. The third-order valence-electron chi connectivity index (χ3n) is 1.95. The van der Waals surface area contributed by atoms with Gasteiger partial charge in [0.05, 0.1) is 7.11 Å². The van der Waals surface area contributed by atoms with E-state index in [-0.39, 0.29) is 0 Å². The van der Waals surface area contributed by atoms with Crippen LogP contribution < -0.4 is 10.1 Å². The zero-order valence-corrected chi connectivity index (χ0v) is 10.2. The second-order valence-electron chi connectivity index (χ2n) is 3.00. The van der Waals surface area contributed by atoms with Crippen molar-refractivity contribution in [2.45, 2.75) is 6.54 Å². The van der Waals surface area contributed by atoms with Crippen molar-refractivity contribution in [1.29, 1.82) is 0 Å². The van der Waals surface area contributed by atoms with Gasteiger partial charge in [-0.25, -0.2) is 9.97 Å². The molecule has 0 aliphatic heterocycles. The Bertz CT molecular complexity index is 475. The number of pyridine rings is 1. The van der Waals surface area contributed by atoms with Gasteiger partial charge < -0.3 is 10.1 Å². The van der Waals surface area contributed by atoms with Gasteiger partial charge in [-0.1, -0.05) is 17.7 Å². The lowest BCUT2D eigenvalue weighted by Gasteiger charge is -2.06. The van der Waals surface area contributed by atoms with Gasteiger partial charge >= 0.3 is 0 Å². The number of hydrogen-bond acceptors (Lipinski definition) is 5. The summed E-state index contributed by atoms with van der Waals surface area (Å²) >= 11 is 7.19. The topological polar surface area (TPSA) is 47.0 Å². The van der Waals surface area contributed by atoms with Gasteiger partial charge in [0.2, 0.25) is 5.88 Å². The summed E-state index contributed by atoms with van der Waals surface area (Å²) in [5, 5.41) is 6.23. The highest BCUT2D eigenvalue weighted by atomic mass is 35.5. The van der Waals surface area contributed by atoms with Crippen LogP contribution in [0.15, 0.2) is 23.7 Å².